The van der Waals surface area contributed by atoms with Crippen LogP contribution in [0.1, 0.15) is 18.1 Å². The molecule has 2 aromatic carbocycles. The number of hydrogen-bond acceptors (Lipinski definition) is 2. The number of carbonyl (C=O) groups excluding carboxylic acids is 2. The quantitative estimate of drug-likeness (QED) is 0.930. The molecule has 0 saturated carbocycles. The van der Waals surface area contributed by atoms with Gasteiger partial charge in [0, 0.05) is 24.4 Å². The van der Waals surface area contributed by atoms with Gasteiger partial charge in [0.15, 0.2) is 11.6 Å². The number of nitrogens with one attached hydrogen (secondary N) is 1. The Bertz CT molecular complexity index is 791. The lowest BCUT2D eigenvalue weighted by Crippen LogP contribution is -2.37. The smallest absolute Gasteiger partial charge is 0.244 e. The minimum Gasteiger partial charge on any atom is -0.324 e. The predicted molar refractivity (Wildman–Crippen MR) is 88.9 cm³/mol. The molecule has 6 heteroatoms. The van der Waals surface area contributed by atoms with Crippen molar-refractivity contribution >= 4 is 23.2 Å². The van der Waals surface area contributed by atoms with E-state index in [9.17, 15) is 18.4 Å². The fourth-order valence-electron chi connectivity index (χ4n) is 2.31. The van der Waals surface area contributed by atoms with Crippen LogP contribution in [-0.2, 0) is 9.59 Å². The van der Waals surface area contributed by atoms with Crippen molar-refractivity contribution in [1.82, 2.24) is 0 Å². The molecule has 0 aliphatic carbocycles. The Morgan fingerprint density at radius 1 is 1.08 bits per heavy atom. The normalized spacial score (nSPS) is 10.4. The van der Waals surface area contributed by atoms with Gasteiger partial charge < -0.3 is 10.2 Å². The second-order valence-corrected chi connectivity index (χ2v) is 5.50. The Morgan fingerprint density at radius 3 is 2.42 bits per heavy atom. The number of aryl methyl sites for hydroxylation is 1. The Morgan fingerprint density at radius 2 is 1.79 bits per heavy atom. The van der Waals surface area contributed by atoms with Gasteiger partial charge in [0.2, 0.25) is 11.8 Å². The Balaban J connectivity index is 2.18. The highest BCUT2D eigenvalue weighted by molar-refractivity contribution is 6.02. The van der Waals surface area contributed by atoms with E-state index in [0.717, 1.165) is 23.3 Å². The summed E-state index contributed by atoms with van der Waals surface area (Å²) in [6.07, 6.45) is 0. The molecule has 0 spiro atoms. The van der Waals surface area contributed by atoms with Crippen molar-refractivity contribution in [3.8, 4) is 0 Å². The van der Waals surface area contributed by atoms with Gasteiger partial charge in [-0.25, -0.2) is 8.78 Å². The zero-order chi connectivity index (χ0) is 17.9. The molecule has 2 amide bonds. The maximum atomic E-state index is 13.2. The number of halogens is 2. The van der Waals surface area contributed by atoms with E-state index in [1.54, 1.807) is 12.1 Å². The zero-order valence-corrected chi connectivity index (χ0v) is 13.7. The number of rotatable bonds is 4. The molecule has 0 aliphatic rings. The molecule has 2 aromatic rings. The number of benzene rings is 2. The van der Waals surface area contributed by atoms with Gasteiger partial charge in [0.25, 0.3) is 0 Å². The monoisotopic (exact) mass is 332 g/mol. The van der Waals surface area contributed by atoms with Crippen LogP contribution in [0, 0.1) is 25.5 Å². The number of hydrogen-bond donors (Lipinski definition) is 1. The fourth-order valence-corrected chi connectivity index (χ4v) is 2.31. The molecule has 4 nitrogen and oxygen atoms in total. The Hall–Kier alpha value is -2.76. The van der Waals surface area contributed by atoms with Gasteiger partial charge in [-0.2, -0.15) is 0 Å². The summed E-state index contributed by atoms with van der Waals surface area (Å²) in [5.74, 6) is -2.83. The highest BCUT2D eigenvalue weighted by Gasteiger charge is 2.18. The maximum Gasteiger partial charge on any atom is 0.244 e. The molecule has 0 heterocycles. The lowest BCUT2D eigenvalue weighted by atomic mass is 10.1. The van der Waals surface area contributed by atoms with Crippen molar-refractivity contribution < 1.29 is 18.4 Å². The molecule has 0 saturated heterocycles. The maximum absolute atomic E-state index is 13.2. The molecule has 2 rings (SSSR count). The van der Waals surface area contributed by atoms with Crippen LogP contribution >= 0.6 is 0 Å². The highest BCUT2D eigenvalue weighted by atomic mass is 19.2. The first-order valence-electron chi connectivity index (χ1n) is 7.39. The van der Waals surface area contributed by atoms with E-state index in [0.29, 0.717) is 5.69 Å². The third-order valence-electron chi connectivity index (χ3n) is 3.75. The van der Waals surface area contributed by atoms with Crippen LogP contribution in [0.15, 0.2) is 36.4 Å². The molecule has 0 radical (unpaired) electrons. The average Bonchev–Trinajstić information content (AvgIpc) is 2.51. The SMILES string of the molecule is CC(=O)N(CC(=O)Nc1ccc(F)c(F)c1)c1cccc(C)c1C. The van der Waals surface area contributed by atoms with Crippen molar-refractivity contribution in [2.24, 2.45) is 0 Å². The third-order valence-corrected chi connectivity index (χ3v) is 3.75. The van der Waals surface area contributed by atoms with Gasteiger partial charge >= 0.3 is 0 Å². The van der Waals surface area contributed by atoms with Crippen LogP contribution in [0.2, 0.25) is 0 Å². The third kappa shape index (κ3) is 3.95. The number of nitrogens with zero attached hydrogens (tertiary/aromatic N) is 1. The summed E-state index contributed by atoms with van der Waals surface area (Å²) in [6, 6.07) is 8.56. The highest BCUT2D eigenvalue weighted by Crippen LogP contribution is 2.23. The van der Waals surface area contributed by atoms with Crippen molar-refractivity contribution in [1.29, 1.82) is 0 Å². The first-order chi connectivity index (χ1) is 11.3. The lowest BCUT2D eigenvalue weighted by Gasteiger charge is -2.23. The van der Waals surface area contributed by atoms with Crippen molar-refractivity contribution in [2.75, 3.05) is 16.8 Å². The van der Waals surface area contributed by atoms with E-state index in [-0.39, 0.29) is 18.1 Å². The van der Waals surface area contributed by atoms with Crippen LogP contribution < -0.4 is 10.2 Å². The van der Waals surface area contributed by atoms with Gasteiger partial charge in [0.1, 0.15) is 6.54 Å². The lowest BCUT2D eigenvalue weighted by molar-refractivity contribution is -0.120. The van der Waals surface area contributed by atoms with Crippen LogP contribution in [0.5, 0.6) is 0 Å². The van der Waals surface area contributed by atoms with Gasteiger partial charge in [-0.3, -0.25) is 9.59 Å². The molecular weight excluding hydrogens is 314 g/mol. The second-order valence-electron chi connectivity index (χ2n) is 5.50. The van der Waals surface area contributed by atoms with E-state index in [1.807, 2.05) is 19.9 Å². The molecule has 0 bridgehead atoms. The molecule has 0 unspecified atom stereocenters. The molecule has 0 fully saturated rings. The van der Waals surface area contributed by atoms with Crippen LogP contribution in [0.25, 0.3) is 0 Å². The predicted octanol–water partition coefficient (Wildman–Crippen LogP) is 3.57. The van der Waals surface area contributed by atoms with Crippen molar-refractivity contribution in [2.45, 2.75) is 20.8 Å². The summed E-state index contributed by atoms with van der Waals surface area (Å²) >= 11 is 0. The van der Waals surface area contributed by atoms with Crippen molar-refractivity contribution in [3.63, 3.8) is 0 Å². The molecular formula is C18H18F2N2O2. The molecule has 1 N–H and O–H groups in total. The fraction of sp³-hybridized carbons (Fsp3) is 0.222. The molecule has 126 valence electrons. The van der Waals surface area contributed by atoms with Crippen molar-refractivity contribution in [3.05, 3.63) is 59.2 Å². The zero-order valence-electron chi connectivity index (χ0n) is 13.7. The first-order valence-corrected chi connectivity index (χ1v) is 7.39. The van der Waals surface area contributed by atoms with Gasteiger partial charge in [-0.05, 0) is 43.2 Å². The minimum absolute atomic E-state index is 0.128. The van der Waals surface area contributed by atoms with E-state index >= 15 is 0 Å². The minimum atomic E-state index is -1.05. The van der Waals surface area contributed by atoms with E-state index in [4.69, 9.17) is 0 Å². The summed E-state index contributed by atoms with van der Waals surface area (Å²) in [6.45, 7) is 4.93. The van der Waals surface area contributed by atoms with E-state index in [1.165, 1.54) is 17.9 Å². The topological polar surface area (TPSA) is 49.4 Å². The summed E-state index contributed by atoms with van der Waals surface area (Å²) in [5.41, 5.74) is 2.67. The molecule has 0 aromatic heterocycles. The number of anilines is 2. The molecule has 0 atom stereocenters. The summed E-state index contributed by atoms with van der Waals surface area (Å²) < 4.78 is 26.1. The Labute approximate surface area is 139 Å². The van der Waals surface area contributed by atoms with Crippen LogP contribution in [0.3, 0.4) is 0 Å². The summed E-state index contributed by atoms with van der Waals surface area (Å²) in [7, 11) is 0. The van der Waals surface area contributed by atoms with E-state index < -0.39 is 17.5 Å². The van der Waals surface area contributed by atoms with Gasteiger partial charge in [-0.15, -0.1) is 0 Å². The molecule has 0 aliphatic heterocycles. The standard InChI is InChI=1S/C18H18F2N2O2/c1-11-5-4-6-17(12(11)2)22(13(3)23)10-18(24)21-14-7-8-15(19)16(20)9-14/h4-9H,10H2,1-3H3,(H,21,24). The van der Waals surface area contributed by atoms with E-state index in [2.05, 4.69) is 5.32 Å². The summed E-state index contributed by atoms with van der Waals surface area (Å²) in [5, 5.41) is 2.46. The largest absolute Gasteiger partial charge is 0.324 e. The van der Waals surface area contributed by atoms with Gasteiger partial charge in [0.05, 0.1) is 0 Å². The number of amides is 2. The van der Waals surface area contributed by atoms with Gasteiger partial charge in [-0.1, -0.05) is 12.1 Å². The molecule has 24 heavy (non-hydrogen) atoms. The Kier molecular flexibility index (Phi) is 5.28. The van der Waals surface area contributed by atoms with Crippen LogP contribution in [-0.4, -0.2) is 18.4 Å². The van der Waals surface area contributed by atoms with Crippen LogP contribution in [0.4, 0.5) is 20.2 Å². The first kappa shape index (κ1) is 17.6. The number of carbonyl (C=O) groups is 2. The summed E-state index contributed by atoms with van der Waals surface area (Å²) in [4.78, 5) is 25.4. The average molecular weight is 332 g/mol. The second kappa shape index (κ2) is 7.21.